The molecule has 2 amide bonds. The standard InChI is InChI=1S/C14H19N5O5/c1-2-9-14(21)18(8-5-12(20)16-7-6-15)13-10(24-9)3-4-11(17-13)19(22)23/h3-4,9H,2,5-8,15H2,1H3,(H,16,20). The fourth-order valence-corrected chi connectivity index (χ4v) is 2.28. The second-order valence-electron chi connectivity index (χ2n) is 5.14. The van der Waals surface area contributed by atoms with Crippen molar-refractivity contribution in [3.8, 4) is 5.75 Å². The van der Waals surface area contributed by atoms with Gasteiger partial charge in [0, 0.05) is 32.1 Å². The molecule has 0 saturated carbocycles. The van der Waals surface area contributed by atoms with Crippen molar-refractivity contribution >= 4 is 23.5 Å². The SMILES string of the molecule is CCC1Oc2ccc([N+](=O)[O-])nc2N(CCC(=O)NCCN)C1=O. The molecule has 10 nitrogen and oxygen atoms in total. The van der Waals surface area contributed by atoms with Gasteiger partial charge >= 0.3 is 5.82 Å². The Labute approximate surface area is 138 Å². The van der Waals surface area contributed by atoms with Crippen molar-refractivity contribution in [3.05, 3.63) is 22.2 Å². The summed E-state index contributed by atoms with van der Waals surface area (Å²) >= 11 is 0. The van der Waals surface area contributed by atoms with E-state index in [2.05, 4.69) is 10.3 Å². The van der Waals surface area contributed by atoms with Gasteiger partial charge in [0.2, 0.25) is 5.91 Å². The van der Waals surface area contributed by atoms with Crippen LogP contribution in [-0.2, 0) is 9.59 Å². The van der Waals surface area contributed by atoms with E-state index in [0.29, 0.717) is 19.5 Å². The third-order valence-corrected chi connectivity index (χ3v) is 3.48. The molecule has 0 bridgehead atoms. The average Bonchev–Trinajstić information content (AvgIpc) is 2.58. The van der Waals surface area contributed by atoms with Gasteiger partial charge in [-0.15, -0.1) is 0 Å². The van der Waals surface area contributed by atoms with Crippen LogP contribution in [-0.4, -0.2) is 47.5 Å². The molecule has 3 N–H and O–H groups in total. The van der Waals surface area contributed by atoms with E-state index in [-0.39, 0.29) is 36.3 Å². The number of aromatic nitrogens is 1. The Morgan fingerprint density at radius 2 is 2.29 bits per heavy atom. The van der Waals surface area contributed by atoms with Crippen LogP contribution in [0.1, 0.15) is 19.8 Å². The molecule has 10 heteroatoms. The summed E-state index contributed by atoms with van der Waals surface area (Å²) in [6.07, 6.45) is -0.232. The van der Waals surface area contributed by atoms with Crippen molar-refractivity contribution in [2.75, 3.05) is 24.5 Å². The molecule has 1 aliphatic heterocycles. The number of nitrogens with zero attached hydrogens (tertiary/aromatic N) is 3. The van der Waals surface area contributed by atoms with E-state index in [4.69, 9.17) is 10.5 Å². The van der Waals surface area contributed by atoms with Crippen LogP contribution in [0.4, 0.5) is 11.6 Å². The first-order valence-corrected chi connectivity index (χ1v) is 7.58. The Kier molecular flexibility index (Phi) is 5.64. The summed E-state index contributed by atoms with van der Waals surface area (Å²) in [4.78, 5) is 39.6. The monoisotopic (exact) mass is 337 g/mol. The Morgan fingerprint density at radius 3 is 2.92 bits per heavy atom. The highest BCUT2D eigenvalue weighted by Gasteiger charge is 2.38. The minimum Gasteiger partial charge on any atom is -0.474 e. The lowest BCUT2D eigenvalue weighted by Gasteiger charge is -2.30. The van der Waals surface area contributed by atoms with Crippen molar-refractivity contribution in [1.29, 1.82) is 0 Å². The molecule has 1 aliphatic rings. The van der Waals surface area contributed by atoms with E-state index >= 15 is 0 Å². The predicted molar refractivity (Wildman–Crippen MR) is 84.6 cm³/mol. The van der Waals surface area contributed by atoms with Gasteiger partial charge in [0.05, 0.1) is 0 Å². The van der Waals surface area contributed by atoms with Gasteiger partial charge < -0.3 is 25.9 Å². The van der Waals surface area contributed by atoms with E-state index in [0.717, 1.165) is 0 Å². The summed E-state index contributed by atoms with van der Waals surface area (Å²) in [6.45, 7) is 2.50. The minimum atomic E-state index is -0.701. The van der Waals surface area contributed by atoms with Gasteiger partial charge in [0.15, 0.2) is 11.9 Å². The van der Waals surface area contributed by atoms with Crippen molar-refractivity contribution in [3.63, 3.8) is 0 Å². The van der Waals surface area contributed by atoms with Crippen molar-refractivity contribution in [1.82, 2.24) is 10.3 Å². The lowest BCUT2D eigenvalue weighted by molar-refractivity contribution is -0.389. The van der Waals surface area contributed by atoms with Crippen LogP contribution in [0.5, 0.6) is 5.75 Å². The molecule has 0 aromatic carbocycles. The zero-order chi connectivity index (χ0) is 17.7. The molecule has 2 rings (SSSR count). The third-order valence-electron chi connectivity index (χ3n) is 3.48. The molecule has 0 fully saturated rings. The Bertz CT molecular complexity index is 650. The Balaban J connectivity index is 2.24. The van der Waals surface area contributed by atoms with Crippen molar-refractivity contribution in [2.45, 2.75) is 25.9 Å². The van der Waals surface area contributed by atoms with E-state index in [1.165, 1.54) is 17.0 Å². The summed E-state index contributed by atoms with van der Waals surface area (Å²) in [5, 5.41) is 13.5. The molecule has 1 aromatic heterocycles. The summed E-state index contributed by atoms with van der Waals surface area (Å²) in [7, 11) is 0. The lowest BCUT2D eigenvalue weighted by atomic mass is 10.1. The smallest absolute Gasteiger partial charge is 0.366 e. The van der Waals surface area contributed by atoms with Gasteiger partial charge in [0.1, 0.15) is 0 Å². The lowest BCUT2D eigenvalue weighted by Crippen LogP contribution is -2.47. The number of fused-ring (bicyclic) bond motifs is 1. The number of nitro groups is 1. The van der Waals surface area contributed by atoms with E-state index in [1.807, 2.05) is 0 Å². The van der Waals surface area contributed by atoms with Crippen molar-refractivity contribution in [2.24, 2.45) is 5.73 Å². The number of ether oxygens (including phenoxy) is 1. The zero-order valence-corrected chi connectivity index (χ0v) is 13.2. The summed E-state index contributed by atoms with van der Waals surface area (Å²) in [5.41, 5.74) is 5.31. The molecule has 1 atom stereocenters. The summed E-state index contributed by atoms with van der Waals surface area (Å²) in [5.74, 6) is -0.679. The van der Waals surface area contributed by atoms with Crippen LogP contribution in [0.3, 0.4) is 0 Å². The van der Waals surface area contributed by atoms with Crippen LogP contribution in [0, 0.1) is 10.1 Å². The maximum Gasteiger partial charge on any atom is 0.366 e. The number of hydrogen-bond donors (Lipinski definition) is 2. The highest BCUT2D eigenvalue weighted by molar-refractivity contribution is 5.99. The predicted octanol–water partition coefficient (Wildman–Crippen LogP) is -0.0412. The number of amides is 2. The first-order chi connectivity index (χ1) is 11.5. The maximum absolute atomic E-state index is 12.5. The number of rotatable bonds is 7. The van der Waals surface area contributed by atoms with Crippen LogP contribution in [0.2, 0.25) is 0 Å². The van der Waals surface area contributed by atoms with Crippen molar-refractivity contribution < 1.29 is 19.2 Å². The molecule has 0 radical (unpaired) electrons. The molecule has 2 heterocycles. The number of nitrogens with one attached hydrogen (secondary N) is 1. The number of pyridine rings is 1. The van der Waals surface area contributed by atoms with Crippen LogP contribution in [0.15, 0.2) is 12.1 Å². The third kappa shape index (κ3) is 3.77. The molecular formula is C14H19N5O5. The van der Waals surface area contributed by atoms with Gasteiger partial charge in [-0.2, -0.15) is 0 Å². The number of carbonyl (C=O) groups is 2. The van der Waals surface area contributed by atoms with E-state index < -0.39 is 16.8 Å². The molecule has 1 unspecified atom stereocenters. The number of carbonyl (C=O) groups excluding carboxylic acids is 2. The highest BCUT2D eigenvalue weighted by Crippen LogP contribution is 2.34. The number of hydrogen-bond acceptors (Lipinski definition) is 7. The van der Waals surface area contributed by atoms with Gasteiger partial charge in [-0.05, 0) is 22.4 Å². The minimum absolute atomic E-state index is 0.0337. The Hall–Kier alpha value is -2.75. The van der Waals surface area contributed by atoms with Crippen LogP contribution in [0.25, 0.3) is 0 Å². The number of nitrogens with two attached hydrogens (primary N) is 1. The maximum atomic E-state index is 12.5. The Morgan fingerprint density at radius 1 is 1.54 bits per heavy atom. The highest BCUT2D eigenvalue weighted by atomic mass is 16.6. The first-order valence-electron chi connectivity index (χ1n) is 7.58. The molecule has 1 aromatic rings. The fraction of sp³-hybridized carbons (Fsp3) is 0.500. The molecule has 0 saturated heterocycles. The quantitative estimate of drug-likeness (QED) is 0.525. The van der Waals surface area contributed by atoms with E-state index in [9.17, 15) is 19.7 Å². The zero-order valence-electron chi connectivity index (χ0n) is 13.2. The molecule has 0 aliphatic carbocycles. The van der Waals surface area contributed by atoms with Gasteiger partial charge in [0.25, 0.3) is 11.7 Å². The normalized spacial score (nSPS) is 16.3. The number of anilines is 1. The second kappa shape index (κ2) is 7.68. The largest absolute Gasteiger partial charge is 0.474 e. The summed E-state index contributed by atoms with van der Waals surface area (Å²) in [6, 6.07) is 2.63. The summed E-state index contributed by atoms with van der Waals surface area (Å²) < 4.78 is 5.54. The molecule has 0 spiro atoms. The van der Waals surface area contributed by atoms with Gasteiger partial charge in [-0.1, -0.05) is 6.92 Å². The first kappa shape index (κ1) is 17.6. The van der Waals surface area contributed by atoms with Gasteiger partial charge in [-0.25, -0.2) is 0 Å². The molecule has 24 heavy (non-hydrogen) atoms. The van der Waals surface area contributed by atoms with E-state index in [1.54, 1.807) is 6.92 Å². The molecule has 130 valence electrons. The fourth-order valence-electron chi connectivity index (χ4n) is 2.28. The topological polar surface area (TPSA) is 141 Å². The van der Waals surface area contributed by atoms with Crippen LogP contribution >= 0.6 is 0 Å². The molecular weight excluding hydrogens is 318 g/mol. The van der Waals surface area contributed by atoms with Gasteiger partial charge in [-0.3, -0.25) is 14.5 Å². The van der Waals surface area contributed by atoms with Crippen LogP contribution < -0.4 is 20.7 Å². The second-order valence-corrected chi connectivity index (χ2v) is 5.14. The average molecular weight is 337 g/mol.